The molecule has 0 heteroatoms. The summed E-state index contributed by atoms with van der Waals surface area (Å²) in [4.78, 5) is 0. The summed E-state index contributed by atoms with van der Waals surface area (Å²) >= 11 is 0. The van der Waals surface area contributed by atoms with Crippen LogP contribution in [0.25, 0.3) is 0 Å². The summed E-state index contributed by atoms with van der Waals surface area (Å²) in [6, 6.07) is 0. The van der Waals surface area contributed by atoms with Gasteiger partial charge in [-0.05, 0) is 78.4 Å². The lowest BCUT2D eigenvalue weighted by Crippen LogP contribution is -2.53. The van der Waals surface area contributed by atoms with Crippen molar-refractivity contribution in [1.82, 2.24) is 0 Å². The van der Waals surface area contributed by atoms with Crippen molar-refractivity contribution in [3.05, 3.63) is 0 Å². The molecule has 0 aromatic carbocycles. The van der Waals surface area contributed by atoms with Gasteiger partial charge in [0.15, 0.2) is 0 Å². The highest BCUT2D eigenvalue weighted by Crippen LogP contribution is 2.73. The molecule has 4 aliphatic rings. The molecule has 4 unspecified atom stereocenters. The second kappa shape index (κ2) is 6.02. The van der Waals surface area contributed by atoms with E-state index < -0.39 is 0 Å². The summed E-state index contributed by atoms with van der Waals surface area (Å²) in [5.41, 5.74) is 1.67. The molecule has 0 radical (unpaired) electrons. The maximum absolute atomic E-state index is 2.80. The molecule has 0 heterocycles. The van der Waals surface area contributed by atoms with E-state index in [0.717, 1.165) is 23.7 Å². The molecule has 4 atom stereocenters. The topological polar surface area (TPSA) is 0 Å². The Morgan fingerprint density at radius 3 is 1.58 bits per heavy atom. The van der Waals surface area contributed by atoms with Crippen molar-refractivity contribution in [2.45, 2.75) is 111 Å². The molecule has 0 N–H and O–H groups in total. The highest BCUT2D eigenvalue weighted by molar-refractivity contribution is 5.14. The van der Waals surface area contributed by atoms with Gasteiger partial charge < -0.3 is 0 Å². The summed E-state index contributed by atoms with van der Waals surface area (Å²) in [6.45, 7) is 10.9. The van der Waals surface area contributed by atoms with Gasteiger partial charge in [0.25, 0.3) is 0 Å². The third-order valence-corrected chi connectivity index (χ3v) is 10.5. The maximum Gasteiger partial charge on any atom is -0.0207 e. The third kappa shape index (κ3) is 2.23. The molecule has 24 heavy (non-hydrogen) atoms. The molecular formula is C24H42. The number of hydrogen-bond acceptors (Lipinski definition) is 0. The lowest BCUT2D eigenvalue weighted by molar-refractivity contribution is -0.121. The van der Waals surface area contributed by atoms with Gasteiger partial charge in [-0.3, -0.25) is 0 Å². The summed E-state index contributed by atoms with van der Waals surface area (Å²) < 4.78 is 0. The fraction of sp³-hybridized carbons (Fsp3) is 1.00. The molecule has 4 aliphatic carbocycles. The molecule has 0 aliphatic heterocycles. The lowest BCUT2D eigenvalue weighted by Gasteiger charge is -2.61. The van der Waals surface area contributed by atoms with Gasteiger partial charge in [-0.2, -0.15) is 0 Å². The Morgan fingerprint density at radius 1 is 0.625 bits per heavy atom. The van der Waals surface area contributed by atoms with Crippen molar-refractivity contribution in [3.8, 4) is 0 Å². The van der Waals surface area contributed by atoms with Gasteiger partial charge in [-0.1, -0.05) is 72.6 Å². The Bertz CT molecular complexity index is 431. The van der Waals surface area contributed by atoms with E-state index in [1.165, 1.54) is 57.8 Å². The Morgan fingerprint density at radius 2 is 1.08 bits per heavy atom. The fourth-order valence-electron chi connectivity index (χ4n) is 8.64. The van der Waals surface area contributed by atoms with Crippen LogP contribution < -0.4 is 0 Å². The molecular weight excluding hydrogens is 288 g/mol. The first-order valence-corrected chi connectivity index (χ1v) is 11.4. The van der Waals surface area contributed by atoms with Gasteiger partial charge in [0, 0.05) is 0 Å². The van der Waals surface area contributed by atoms with E-state index >= 15 is 0 Å². The van der Waals surface area contributed by atoms with E-state index in [1.807, 2.05) is 0 Å². The van der Waals surface area contributed by atoms with E-state index in [-0.39, 0.29) is 0 Å². The average molecular weight is 331 g/mol. The van der Waals surface area contributed by atoms with Crippen LogP contribution in [0, 0.1) is 39.9 Å². The zero-order chi connectivity index (χ0) is 17.0. The molecule has 0 amide bonds. The Kier molecular flexibility index (Phi) is 4.37. The Labute approximate surface area is 151 Å². The average Bonchev–Trinajstić information content (AvgIpc) is 2.87. The van der Waals surface area contributed by atoms with Crippen LogP contribution in [0.3, 0.4) is 0 Å². The normalized spacial score (nSPS) is 45.5. The molecule has 0 saturated heterocycles. The molecule has 4 rings (SSSR count). The summed E-state index contributed by atoms with van der Waals surface area (Å²) in [5.74, 6) is 4.24. The van der Waals surface area contributed by atoms with Crippen molar-refractivity contribution >= 4 is 0 Å². The first-order chi connectivity index (χ1) is 11.4. The van der Waals surface area contributed by atoms with Crippen molar-refractivity contribution < 1.29 is 0 Å². The van der Waals surface area contributed by atoms with E-state index in [9.17, 15) is 0 Å². The molecule has 138 valence electrons. The van der Waals surface area contributed by atoms with Crippen molar-refractivity contribution in [1.29, 1.82) is 0 Å². The molecule has 4 saturated carbocycles. The van der Waals surface area contributed by atoms with Gasteiger partial charge in [-0.15, -0.1) is 0 Å². The standard InChI is InChI=1S/C24H42/c1-22(2,23(3)16-10-5-11-17-23)24(4)20-14-8-6-12-18(20)19-13-7-9-15-21(19)24/h18-21H,5-17H2,1-4H3. The van der Waals surface area contributed by atoms with Crippen LogP contribution in [0.1, 0.15) is 111 Å². The van der Waals surface area contributed by atoms with E-state index in [4.69, 9.17) is 0 Å². The highest BCUT2D eigenvalue weighted by Gasteiger charge is 2.66. The molecule has 0 spiro atoms. The zero-order valence-corrected chi connectivity index (χ0v) is 17.0. The largest absolute Gasteiger partial charge is 0.0591 e. The SMILES string of the molecule is CC1(C(C)(C)C2(C)C3CCCCC3C3CCCCC32)CCCCC1. The number of rotatable bonds is 2. The van der Waals surface area contributed by atoms with Gasteiger partial charge in [0.2, 0.25) is 0 Å². The van der Waals surface area contributed by atoms with Crippen LogP contribution in [0.4, 0.5) is 0 Å². The van der Waals surface area contributed by atoms with Crippen LogP contribution in [-0.2, 0) is 0 Å². The molecule has 0 aromatic heterocycles. The number of fused-ring (bicyclic) bond motifs is 3. The molecule has 0 aromatic rings. The summed E-state index contributed by atoms with van der Waals surface area (Å²) in [7, 11) is 0. The minimum atomic E-state index is 0.497. The number of hydrogen-bond donors (Lipinski definition) is 0. The van der Waals surface area contributed by atoms with Crippen LogP contribution >= 0.6 is 0 Å². The lowest BCUT2D eigenvalue weighted by atomic mass is 9.44. The van der Waals surface area contributed by atoms with Crippen molar-refractivity contribution in [2.24, 2.45) is 39.9 Å². The quantitative estimate of drug-likeness (QED) is 0.488. The summed E-state index contributed by atoms with van der Waals surface area (Å²) in [5, 5.41) is 0. The van der Waals surface area contributed by atoms with Crippen molar-refractivity contribution in [3.63, 3.8) is 0 Å². The van der Waals surface area contributed by atoms with Crippen LogP contribution in [0.5, 0.6) is 0 Å². The third-order valence-electron chi connectivity index (χ3n) is 10.5. The second-order valence-electron chi connectivity index (χ2n) is 11.1. The van der Waals surface area contributed by atoms with E-state index in [1.54, 1.807) is 25.7 Å². The second-order valence-corrected chi connectivity index (χ2v) is 11.1. The van der Waals surface area contributed by atoms with E-state index in [0.29, 0.717) is 16.2 Å². The maximum atomic E-state index is 2.80. The Balaban J connectivity index is 1.74. The predicted octanol–water partition coefficient (Wildman–Crippen LogP) is 7.62. The minimum absolute atomic E-state index is 0.497. The smallest absolute Gasteiger partial charge is 0.0207 e. The van der Waals surface area contributed by atoms with E-state index in [2.05, 4.69) is 27.7 Å². The fourth-order valence-corrected chi connectivity index (χ4v) is 8.64. The van der Waals surface area contributed by atoms with Crippen LogP contribution in [-0.4, -0.2) is 0 Å². The van der Waals surface area contributed by atoms with Gasteiger partial charge in [0.1, 0.15) is 0 Å². The van der Waals surface area contributed by atoms with Crippen LogP contribution in [0.15, 0.2) is 0 Å². The molecule has 0 bridgehead atoms. The zero-order valence-electron chi connectivity index (χ0n) is 17.0. The molecule has 0 nitrogen and oxygen atoms in total. The van der Waals surface area contributed by atoms with Gasteiger partial charge >= 0.3 is 0 Å². The first-order valence-electron chi connectivity index (χ1n) is 11.4. The molecule has 4 fully saturated rings. The minimum Gasteiger partial charge on any atom is -0.0591 e. The Hall–Kier alpha value is 0. The highest BCUT2D eigenvalue weighted by atomic mass is 14.7. The first kappa shape index (κ1) is 17.4. The van der Waals surface area contributed by atoms with Gasteiger partial charge in [0.05, 0.1) is 0 Å². The summed E-state index contributed by atoms with van der Waals surface area (Å²) in [6.07, 6.45) is 19.7. The van der Waals surface area contributed by atoms with Crippen molar-refractivity contribution in [2.75, 3.05) is 0 Å². The van der Waals surface area contributed by atoms with Gasteiger partial charge in [-0.25, -0.2) is 0 Å². The van der Waals surface area contributed by atoms with Crippen LogP contribution in [0.2, 0.25) is 0 Å². The predicted molar refractivity (Wildman–Crippen MR) is 104 cm³/mol. The monoisotopic (exact) mass is 330 g/mol.